The van der Waals surface area contributed by atoms with Crippen molar-refractivity contribution >= 4 is 33.7 Å². The monoisotopic (exact) mass is 399 g/mol. The number of fused-ring (bicyclic) bond motifs is 1. The van der Waals surface area contributed by atoms with Gasteiger partial charge in [-0.15, -0.1) is 17.0 Å². The lowest BCUT2D eigenvalue weighted by Gasteiger charge is -2.32. The largest absolute Gasteiger partial charge is 0.316 e. The highest BCUT2D eigenvalue weighted by atomic mass is 79.9. The van der Waals surface area contributed by atoms with Crippen LogP contribution in [0.15, 0.2) is 21.7 Å². The first-order chi connectivity index (χ1) is 10.9. The summed E-state index contributed by atoms with van der Waals surface area (Å²) in [6.07, 6.45) is 0. The van der Waals surface area contributed by atoms with Gasteiger partial charge in [0.15, 0.2) is 0 Å². The molecule has 1 aromatic heterocycles. The van der Waals surface area contributed by atoms with Crippen molar-refractivity contribution in [2.24, 2.45) is 0 Å². The Labute approximate surface area is 147 Å². The molecule has 2 aromatic rings. The SMILES string of the molecule is Br.CN1CCN(Cc2cc3[nH]c(=O)c(=O)[nH]c3cc2[N+](=O)[O-])CC1. The van der Waals surface area contributed by atoms with E-state index in [9.17, 15) is 19.7 Å². The molecule has 1 saturated heterocycles. The third-order valence-corrected chi connectivity index (χ3v) is 4.11. The van der Waals surface area contributed by atoms with Gasteiger partial charge in [0.05, 0.1) is 16.0 Å². The van der Waals surface area contributed by atoms with Crippen molar-refractivity contribution in [2.75, 3.05) is 33.2 Å². The summed E-state index contributed by atoms with van der Waals surface area (Å²) in [4.78, 5) is 42.8. The maximum atomic E-state index is 11.4. The molecule has 0 aliphatic carbocycles. The smallest absolute Gasteiger partial charge is 0.314 e. The van der Waals surface area contributed by atoms with E-state index in [1.54, 1.807) is 6.07 Å². The second-order valence-electron chi connectivity index (χ2n) is 5.77. The number of piperazine rings is 1. The number of H-pyrrole nitrogens is 2. The highest BCUT2D eigenvalue weighted by molar-refractivity contribution is 8.93. The maximum absolute atomic E-state index is 11.4. The number of nitrogens with one attached hydrogen (secondary N) is 2. The third-order valence-electron chi connectivity index (χ3n) is 4.11. The van der Waals surface area contributed by atoms with E-state index in [1.165, 1.54) is 6.07 Å². The maximum Gasteiger partial charge on any atom is 0.314 e. The average molecular weight is 400 g/mol. The van der Waals surface area contributed by atoms with Crippen LogP contribution >= 0.6 is 17.0 Å². The number of nitrogens with zero attached hydrogens (tertiary/aromatic N) is 3. The fourth-order valence-electron chi connectivity index (χ4n) is 2.74. The summed E-state index contributed by atoms with van der Waals surface area (Å²) in [5.41, 5.74) is -0.475. The topological polar surface area (TPSA) is 115 Å². The minimum atomic E-state index is -0.821. The van der Waals surface area contributed by atoms with Crippen LogP contribution in [0.5, 0.6) is 0 Å². The molecule has 130 valence electrons. The van der Waals surface area contributed by atoms with E-state index in [-0.39, 0.29) is 28.2 Å². The quantitative estimate of drug-likeness (QED) is 0.439. The van der Waals surface area contributed by atoms with Crippen molar-refractivity contribution < 1.29 is 4.92 Å². The molecular weight excluding hydrogens is 382 g/mol. The number of aromatic amines is 2. The molecular formula is C14H18BrN5O4. The van der Waals surface area contributed by atoms with Gasteiger partial charge < -0.3 is 14.9 Å². The Balaban J connectivity index is 0.00000208. The summed E-state index contributed by atoms with van der Waals surface area (Å²) in [7, 11) is 2.04. The Bertz CT molecular complexity index is 870. The fourth-order valence-corrected chi connectivity index (χ4v) is 2.74. The van der Waals surface area contributed by atoms with Crippen LogP contribution in [0.1, 0.15) is 5.56 Å². The summed E-state index contributed by atoms with van der Waals surface area (Å²) in [6, 6.07) is 2.88. The Kier molecular flexibility index (Phi) is 5.52. The molecule has 0 bridgehead atoms. The third kappa shape index (κ3) is 3.71. The van der Waals surface area contributed by atoms with Gasteiger partial charge in [-0.1, -0.05) is 0 Å². The van der Waals surface area contributed by atoms with Crippen molar-refractivity contribution in [3.05, 3.63) is 48.5 Å². The van der Waals surface area contributed by atoms with E-state index in [1.807, 2.05) is 7.05 Å². The van der Waals surface area contributed by atoms with E-state index in [2.05, 4.69) is 19.8 Å². The van der Waals surface area contributed by atoms with Crippen LogP contribution < -0.4 is 11.1 Å². The van der Waals surface area contributed by atoms with Crippen LogP contribution in [0.4, 0.5) is 5.69 Å². The van der Waals surface area contributed by atoms with Gasteiger partial charge in [-0.25, -0.2) is 0 Å². The first-order valence-electron chi connectivity index (χ1n) is 7.28. The van der Waals surface area contributed by atoms with Crippen LogP contribution in [-0.4, -0.2) is 57.9 Å². The molecule has 1 aliphatic heterocycles. The zero-order valence-electron chi connectivity index (χ0n) is 13.1. The van der Waals surface area contributed by atoms with Crippen LogP contribution in [0.3, 0.4) is 0 Å². The first kappa shape index (κ1) is 18.3. The molecule has 0 unspecified atom stereocenters. The number of benzene rings is 1. The van der Waals surface area contributed by atoms with Gasteiger partial charge in [0.25, 0.3) is 5.69 Å². The van der Waals surface area contributed by atoms with Gasteiger partial charge >= 0.3 is 11.1 Å². The molecule has 10 heteroatoms. The predicted octanol–water partition coefficient (Wildman–Crippen LogP) is 0.450. The van der Waals surface area contributed by atoms with Crippen molar-refractivity contribution in [1.29, 1.82) is 0 Å². The fraction of sp³-hybridized carbons (Fsp3) is 0.429. The number of rotatable bonds is 3. The predicted molar refractivity (Wildman–Crippen MR) is 94.9 cm³/mol. The summed E-state index contributed by atoms with van der Waals surface area (Å²) >= 11 is 0. The van der Waals surface area contributed by atoms with Crippen LogP contribution in [-0.2, 0) is 6.54 Å². The molecule has 2 heterocycles. The minimum absolute atomic E-state index is 0. The number of likely N-dealkylation sites (N-methyl/N-ethyl adjacent to an activating group) is 1. The van der Waals surface area contributed by atoms with Crippen molar-refractivity contribution in [3.8, 4) is 0 Å². The summed E-state index contributed by atoms with van der Waals surface area (Å²) in [5, 5.41) is 11.3. The zero-order chi connectivity index (χ0) is 16.6. The summed E-state index contributed by atoms with van der Waals surface area (Å²) < 4.78 is 0. The Morgan fingerprint density at radius 3 is 2.17 bits per heavy atom. The van der Waals surface area contributed by atoms with Gasteiger partial charge in [-0.3, -0.25) is 24.6 Å². The molecule has 2 N–H and O–H groups in total. The van der Waals surface area contributed by atoms with Crippen LogP contribution in [0, 0.1) is 10.1 Å². The van der Waals surface area contributed by atoms with E-state index in [0.29, 0.717) is 17.6 Å². The lowest BCUT2D eigenvalue weighted by Crippen LogP contribution is -2.43. The second kappa shape index (κ2) is 7.24. The standard InChI is InChI=1S/C14H17N5O4.BrH/c1-17-2-4-18(5-3-17)8-9-6-10-11(7-12(9)19(22)23)16-14(21)13(20)15-10;/h6-7H,2-5,8H2,1H3,(H,15,20)(H,16,21);1H. The lowest BCUT2D eigenvalue weighted by atomic mass is 10.1. The Morgan fingerprint density at radius 2 is 1.62 bits per heavy atom. The van der Waals surface area contributed by atoms with Gasteiger partial charge in [-0.2, -0.15) is 0 Å². The van der Waals surface area contributed by atoms with Crippen molar-refractivity contribution in [1.82, 2.24) is 19.8 Å². The normalized spacial score (nSPS) is 16.0. The van der Waals surface area contributed by atoms with Crippen LogP contribution in [0.2, 0.25) is 0 Å². The van der Waals surface area contributed by atoms with E-state index in [4.69, 9.17) is 0 Å². The summed E-state index contributed by atoms with van der Waals surface area (Å²) in [5.74, 6) is 0. The second-order valence-corrected chi connectivity index (χ2v) is 5.77. The van der Waals surface area contributed by atoms with Gasteiger partial charge in [0, 0.05) is 44.4 Å². The lowest BCUT2D eigenvalue weighted by molar-refractivity contribution is -0.385. The number of nitro benzene ring substituents is 1. The molecule has 0 spiro atoms. The Hall–Kier alpha value is -2.04. The molecule has 1 aliphatic rings. The number of halogens is 1. The molecule has 9 nitrogen and oxygen atoms in total. The average Bonchev–Trinajstić information content (AvgIpc) is 2.50. The van der Waals surface area contributed by atoms with E-state index >= 15 is 0 Å². The molecule has 0 amide bonds. The van der Waals surface area contributed by atoms with Crippen LogP contribution in [0.25, 0.3) is 11.0 Å². The molecule has 0 atom stereocenters. The van der Waals surface area contributed by atoms with E-state index < -0.39 is 16.0 Å². The molecule has 1 aromatic carbocycles. The van der Waals surface area contributed by atoms with Gasteiger partial charge in [0.1, 0.15) is 0 Å². The number of aromatic nitrogens is 2. The van der Waals surface area contributed by atoms with Crippen molar-refractivity contribution in [3.63, 3.8) is 0 Å². The van der Waals surface area contributed by atoms with E-state index in [0.717, 1.165) is 26.2 Å². The molecule has 0 radical (unpaired) electrons. The minimum Gasteiger partial charge on any atom is -0.316 e. The summed E-state index contributed by atoms with van der Waals surface area (Å²) in [6.45, 7) is 3.90. The highest BCUT2D eigenvalue weighted by Gasteiger charge is 2.21. The molecule has 1 fully saturated rings. The number of hydrogen-bond acceptors (Lipinski definition) is 6. The Morgan fingerprint density at radius 1 is 1.08 bits per heavy atom. The number of nitro groups is 1. The van der Waals surface area contributed by atoms with Crippen molar-refractivity contribution in [2.45, 2.75) is 6.54 Å². The molecule has 24 heavy (non-hydrogen) atoms. The molecule has 0 saturated carbocycles. The highest BCUT2D eigenvalue weighted by Crippen LogP contribution is 2.24. The molecule has 3 rings (SSSR count). The van der Waals surface area contributed by atoms with Gasteiger partial charge in [-0.05, 0) is 13.1 Å². The first-order valence-corrected chi connectivity index (χ1v) is 7.28. The zero-order valence-corrected chi connectivity index (χ0v) is 14.8. The van der Waals surface area contributed by atoms with Gasteiger partial charge in [0.2, 0.25) is 0 Å². The number of hydrogen-bond donors (Lipinski definition) is 2.